The molecule has 1 aromatic heterocycles. The molecule has 0 atom stereocenters. The number of nitrogens with one attached hydrogen (secondary N) is 2. The number of amides is 3. The van der Waals surface area contributed by atoms with Gasteiger partial charge in [-0.3, -0.25) is 9.78 Å². The summed E-state index contributed by atoms with van der Waals surface area (Å²) in [7, 11) is 1.61. The molecule has 2 aliphatic rings. The molecule has 5 rings (SSSR count). The first-order chi connectivity index (χ1) is 18.4. The largest absolute Gasteiger partial charge is 0.496 e. The van der Waals surface area contributed by atoms with Crippen molar-refractivity contribution in [3.05, 3.63) is 70.9 Å². The van der Waals surface area contributed by atoms with Crippen LogP contribution in [0, 0.1) is 0 Å². The number of carbonyl (C=O) groups excluding carboxylic acids is 2. The van der Waals surface area contributed by atoms with E-state index in [-0.39, 0.29) is 33.8 Å². The predicted octanol–water partition coefficient (Wildman–Crippen LogP) is 6.43. The average Bonchev–Trinajstić information content (AvgIpc) is 3.73. The molecule has 3 aromatic rings. The number of benzene rings is 2. The molecular formula is C28H26Cl2N4O4. The molecular weight excluding hydrogens is 527 g/mol. The molecule has 0 radical (unpaired) electrons. The van der Waals surface area contributed by atoms with Gasteiger partial charge in [-0.15, -0.1) is 0 Å². The van der Waals surface area contributed by atoms with Gasteiger partial charge in [0.1, 0.15) is 11.5 Å². The van der Waals surface area contributed by atoms with Crippen LogP contribution in [0.3, 0.4) is 0 Å². The van der Waals surface area contributed by atoms with E-state index in [2.05, 4.69) is 22.2 Å². The SMILES string of the molecule is C=CC(=O)N1CC=C(c2cc3c(Oc4c(Cl)cc(NC(=O)NC5CC5)cc4Cl)ccnc3cc2OC)CC1. The first kappa shape index (κ1) is 25.9. The lowest BCUT2D eigenvalue weighted by Gasteiger charge is -2.26. The van der Waals surface area contributed by atoms with Crippen LogP contribution in [0.25, 0.3) is 16.5 Å². The number of urea groups is 1. The van der Waals surface area contributed by atoms with E-state index in [0.29, 0.717) is 42.2 Å². The first-order valence-corrected chi connectivity index (χ1v) is 12.9. The molecule has 0 bridgehead atoms. The van der Waals surface area contributed by atoms with E-state index >= 15 is 0 Å². The number of hydrogen-bond donors (Lipinski definition) is 2. The van der Waals surface area contributed by atoms with E-state index < -0.39 is 0 Å². The molecule has 196 valence electrons. The van der Waals surface area contributed by atoms with Gasteiger partial charge in [-0.25, -0.2) is 4.79 Å². The van der Waals surface area contributed by atoms with Crippen molar-refractivity contribution >= 4 is 57.3 Å². The maximum absolute atomic E-state index is 12.1. The van der Waals surface area contributed by atoms with Crippen molar-refractivity contribution in [3.8, 4) is 17.2 Å². The molecule has 2 N–H and O–H groups in total. The van der Waals surface area contributed by atoms with Crippen molar-refractivity contribution in [1.82, 2.24) is 15.2 Å². The molecule has 1 fully saturated rings. The van der Waals surface area contributed by atoms with Crippen LogP contribution < -0.4 is 20.1 Å². The topological polar surface area (TPSA) is 92.8 Å². The lowest BCUT2D eigenvalue weighted by Crippen LogP contribution is -2.33. The number of hydrogen-bond acceptors (Lipinski definition) is 5. The second-order valence-corrected chi connectivity index (χ2v) is 9.90. The van der Waals surface area contributed by atoms with E-state index in [4.69, 9.17) is 32.7 Å². The van der Waals surface area contributed by atoms with Crippen LogP contribution in [-0.2, 0) is 4.79 Å². The van der Waals surface area contributed by atoms with Gasteiger partial charge in [0, 0.05) is 48.0 Å². The lowest BCUT2D eigenvalue weighted by atomic mass is 9.96. The van der Waals surface area contributed by atoms with Gasteiger partial charge in [0.05, 0.1) is 22.7 Å². The molecule has 0 unspecified atom stereocenters. The van der Waals surface area contributed by atoms with Crippen LogP contribution in [0.15, 0.2) is 55.3 Å². The summed E-state index contributed by atoms with van der Waals surface area (Å²) in [5.41, 5.74) is 3.08. The number of fused-ring (bicyclic) bond motifs is 1. The molecule has 10 heteroatoms. The summed E-state index contributed by atoms with van der Waals surface area (Å²) < 4.78 is 11.9. The standard InChI is InChI=1S/C28H26Cl2N4O4/c1-3-26(35)34-10-7-16(8-11-34)19-14-20-23(15-25(19)37-2)31-9-6-24(20)38-27-21(29)12-18(13-22(27)30)33-28(36)32-17-4-5-17/h3,6-7,9,12-15,17H,1,4-5,8,10-11H2,2H3,(H2,32,33,36). The zero-order valence-corrected chi connectivity index (χ0v) is 22.2. The Kier molecular flexibility index (Phi) is 7.44. The zero-order chi connectivity index (χ0) is 26.8. The van der Waals surface area contributed by atoms with E-state index in [1.165, 1.54) is 6.08 Å². The molecule has 3 amide bonds. The van der Waals surface area contributed by atoms with Gasteiger partial charge in [-0.05, 0) is 55.2 Å². The van der Waals surface area contributed by atoms with Gasteiger partial charge in [0.25, 0.3) is 0 Å². The fourth-order valence-corrected chi connectivity index (χ4v) is 4.88. The maximum atomic E-state index is 12.1. The predicted molar refractivity (Wildman–Crippen MR) is 149 cm³/mol. The van der Waals surface area contributed by atoms with Gasteiger partial charge < -0.3 is 25.0 Å². The molecule has 2 aromatic carbocycles. The van der Waals surface area contributed by atoms with Gasteiger partial charge in [-0.2, -0.15) is 0 Å². The number of pyridine rings is 1. The average molecular weight is 553 g/mol. The summed E-state index contributed by atoms with van der Waals surface area (Å²) in [6.07, 6.45) is 7.62. The molecule has 8 nitrogen and oxygen atoms in total. The van der Waals surface area contributed by atoms with Crippen molar-refractivity contribution in [2.45, 2.75) is 25.3 Å². The van der Waals surface area contributed by atoms with Gasteiger partial charge >= 0.3 is 6.03 Å². The third kappa shape index (κ3) is 5.56. The number of anilines is 1. The Balaban J connectivity index is 1.45. The Morgan fingerprint density at radius 2 is 1.92 bits per heavy atom. The highest BCUT2D eigenvalue weighted by molar-refractivity contribution is 6.37. The molecule has 1 aliphatic heterocycles. The zero-order valence-electron chi connectivity index (χ0n) is 20.7. The Bertz CT molecular complexity index is 1450. The fraction of sp³-hybridized carbons (Fsp3) is 0.250. The minimum atomic E-state index is -0.302. The van der Waals surface area contributed by atoms with Crippen LogP contribution in [-0.4, -0.2) is 48.1 Å². The first-order valence-electron chi connectivity index (χ1n) is 12.2. The minimum Gasteiger partial charge on any atom is -0.496 e. The van der Waals surface area contributed by atoms with Crippen molar-refractivity contribution in [1.29, 1.82) is 0 Å². The Labute approximate surface area is 230 Å². The maximum Gasteiger partial charge on any atom is 0.319 e. The van der Waals surface area contributed by atoms with Gasteiger partial charge in [0.15, 0.2) is 5.75 Å². The fourth-order valence-electron chi connectivity index (χ4n) is 4.32. The third-order valence-electron chi connectivity index (χ3n) is 6.44. The monoisotopic (exact) mass is 552 g/mol. The van der Waals surface area contributed by atoms with Crippen molar-refractivity contribution in [2.24, 2.45) is 0 Å². The molecule has 0 spiro atoms. The number of halogens is 2. The summed E-state index contributed by atoms with van der Waals surface area (Å²) in [6.45, 7) is 4.64. The molecule has 38 heavy (non-hydrogen) atoms. The Morgan fingerprint density at radius 1 is 1.16 bits per heavy atom. The van der Waals surface area contributed by atoms with E-state index in [1.54, 1.807) is 36.4 Å². The lowest BCUT2D eigenvalue weighted by molar-refractivity contribution is -0.125. The summed E-state index contributed by atoms with van der Waals surface area (Å²) >= 11 is 13.0. The number of nitrogens with zero attached hydrogens (tertiary/aromatic N) is 2. The number of methoxy groups -OCH3 is 1. The van der Waals surface area contributed by atoms with Crippen molar-refractivity contribution < 1.29 is 19.1 Å². The Morgan fingerprint density at radius 3 is 2.55 bits per heavy atom. The summed E-state index contributed by atoms with van der Waals surface area (Å²) in [5, 5.41) is 6.85. The van der Waals surface area contributed by atoms with Gasteiger partial charge in [0.2, 0.25) is 5.91 Å². The molecule has 2 heterocycles. The molecule has 1 aliphatic carbocycles. The highest BCUT2D eigenvalue weighted by Crippen LogP contribution is 2.42. The number of aromatic nitrogens is 1. The molecule has 1 saturated carbocycles. The second kappa shape index (κ2) is 10.9. The quantitative estimate of drug-likeness (QED) is 0.329. The number of rotatable bonds is 7. The summed E-state index contributed by atoms with van der Waals surface area (Å²) in [5.74, 6) is 1.36. The van der Waals surface area contributed by atoms with Crippen LogP contribution in [0.2, 0.25) is 10.0 Å². The highest BCUT2D eigenvalue weighted by Gasteiger charge is 2.24. The smallest absolute Gasteiger partial charge is 0.319 e. The Hall–Kier alpha value is -3.75. The van der Waals surface area contributed by atoms with Gasteiger partial charge in [-0.1, -0.05) is 35.9 Å². The highest BCUT2D eigenvalue weighted by atomic mass is 35.5. The van der Waals surface area contributed by atoms with Crippen molar-refractivity contribution in [2.75, 3.05) is 25.5 Å². The number of ether oxygens (including phenoxy) is 2. The summed E-state index contributed by atoms with van der Waals surface area (Å²) in [6, 6.07) is 8.67. The normalized spacial score (nSPS) is 15.0. The van der Waals surface area contributed by atoms with Crippen LogP contribution >= 0.6 is 23.2 Å². The number of carbonyl (C=O) groups is 2. The van der Waals surface area contributed by atoms with E-state index in [9.17, 15) is 9.59 Å². The van der Waals surface area contributed by atoms with E-state index in [1.807, 2.05) is 18.2 Å². The third-order valence-corrected chi connectivity index (χ3v) is 7.01. The minimum absolute atomic E-state index is 0.0934. The van der Waals surface area contributed by atoms with Crippen molar-refractivity contribution in [3.63, 3.8) is 0 Å². The van der Waals surface area contributed by atoms with Crippen LogP contribution in [0.4, 0.5) is 10.5 Å². The van der Waals surface area contributed by atoms with Crippen LogP contribution in [0.1, 0.15) is 24.8 Å². The summed E-state index contributed by atoms with van der Waals surface area (Å²) in [4.78, 5) is 30.3. The second-order valence-electron chi connectivity index (χ2n) is 9.09. The van der Waals surface area contributed by atoms with E-state index in [0.717, 1.165) is 29.4 Å². The van der Waals surface area contributed by atoms with Crippen LogP contribution in [0.5, 0.6) is 17.2 Å². The molecule has 0 saturated heterocycles.